The fraction of sp³-hybridized carbons (Fsp3) is 0.474. The summed E-state index contributed by atoms with van der Waals surface area (Å²) in [5.41, 5.74) is 1.35. The van der Waals surface area contributed by atoms with Crippen LogP contribution in [0, 0.1) is 11.8 Å². The molecule has 0 bridgehead atoms. The first-order valence-corrected chi connectivity index (χ1v) is 8.18. The van der Waals surface area contributed by atoms with Crippen LogP contribution in [0.3, 0.4) is 0 Å². The number of halogens is 1. The molecule has 1 nitrogen and oxygen atoms in total. The second-order valence-corrected chi connectivity index (χ2v) is 5.89. The number of allylic oxidation sites excluding steroid dienone is 1. The molecule has 0 saturated heterocycles. The normalized spacial score (nSPS) is 17.8. The van der Waals surface area contributed by atoms with Crippen LogP contribution >= 0.6 is 11.6 Å². The Morgan fingerprint density at radius 1 is 1.24 bits per heavy atom. The zero-order chi connectivity index (χ0) is 15.1. The van der Waals surface area contributed by atoms with E-state index in [4.69, 9.17) is 16.3 Å². The lowest BCUT2D eigenvalue weighted by Crippen LogP contribution is -2.27. The largest absolute Gasteiger partial charge is 0.446 e. The Balaban J connectivity index is 2.24. The number of ether oxygens (including phenoxy) is 1. The molecule has 0 spiro atoms. The van der Waals surface area contributed by atoms with Crippen LogP contribution < -0.4 is 4.74 Å². The standard InChI is InChI=1S/C19H23ClO/c1-3-5-13-19(14-7-6-8-15-19)16-9-11-17(12-10-16)21-18(20)4-2/h4,9-12H,3,6-8,14-15H2,1-2H3/b18-4-. The Morgan fingerprint density at radius 2 is 1.90 bits per heavy atom. The molecule has 1 saturated carbocycles. The van der Waals surface area contributed by atoms with Crippen molar-refractivity contribution in [3.8, 4) is 17.6 Å². The Hall–Kier alpha value is -1.39. The van der Waals surface area contributed by atoms with E-state index in [1.807, 2.05) is 19.1 Å². The van der Waals surface area contributed by atoms with Crippen molar-refractivity contribution in [1.82, 2.24) is 0 Å². The zero-order valence-electron chi connectivity index (χ0n) is 12.9. The van der Waals surface area contributed by atoms with Crippen molar-refractivity contribution in [1.29, 1.82) is 0 Å². The molecule has 0 aromatic heterocycles. The zero-order valence-corrected chi connectivity index (χ0v) is 13.7. The quantitative estimate of drug-likeness (QED) is 0.508. The van der Waals surface area contributed by atoms with Crippen molar-refractivity contribution in [2.24, 2.45) is 0 Å². The van der Waals surface area contributed by atoms with Gasteiger partial charge in [0.2, 0.25) is 0 Å². The topological polar surface area (TPSA) is 9.23 Å². The summed E-state index contributed by atoms with van der Waals surface area (Å²) in [5.74, 6) is 7.62. The number of hydrogen-bond donors (Lipinski definition) is 0. The molecular weight excluding hydrogens is 280 g/mol. The molecule has 21 heavy (non-hydrogen) atoms. The molecule has 112 valence electrons. The minimum absolute atomic E-state index is 0.0389. The molecule has 0 amide bonds. The SMILES string of the molecule is C/C=C(/Cl)Oc1ccc(C2(C#CCC)CCCCC2)cc1. The summed E-state index contributed by atoms with van der Waals surface area (Å²) in [6.07, 6.45) is 8.84. The first-order chi connectivity index (χ1) is 10.2. The van der Waals surface area contributed by atoms with Crippen LogP contribution in [-0.2, 0) is 5.41 Å². The fourth-order valence-corrected chi connectivity index (χ4v) is 3.00. The molecule has 1 aromatic rings. The van der Waals surface area contributed by atoms with Gasteiger partial charge in [0.1, 0.15) is 5.75 Å². The summed E-state index contributed by atoms with van der Waals surface area (Å²) < 4.78 is 5.51. The predicted molar refractivity (Wildman–Crippen MR) is 89.5 cm³/mol. The number of benzene rings is 1. The van der Waals surface area contributed by atoms with Crippen LogP contribution in [0.5, 0.6) is 5.75 Å². The van der Waals surface area contributed by atoms with E-state index < -0.39 is 0 Å². The van der Waals surface area contributed by atoms with Crippen LogP contribution in [0.25, 0.3) is 0 Å². The first-order valence-electron chi connectivity index (χ1n) is 7.80. The molecule has 2 heteroatoms. The molecule has 0 unspecified atom stereocenters. The number of rotatable bonds is 3. The van der Waals surface area contributed by atoms with Crippen molar-refractivity contribution in [3.05, 3.63) is 41.1 Å². The van der Waals surface area contributed by atoms with Crippen LogP contribution in [0.1, 0.15) is 57.9 Å². The van der Waals surface area contributed by atoms with Gasteiger partial charge in [0.05, 0.1) is 5.41 Å². The Bertz CT molecular complexity index is 539. The van der Waals surface area contributed by atoms with E-state index in [1.54, 1.807) is 6.08 Å². The second-order valence-electron chi connectivity index (χ2n) is 5.52. The molecule has 1 aliphatic rings. The highest BCUT2D eigenvalue weighted by atomic mass is 35.5. The molecule has 1 aromatic carbocycles. The van der Waals surface area contributed by atoms with E-state index in [2.05, 4.69) is 30.9 Å². The molecule has 1 aliphatic carbocycles. The summed E-state index contributed by atoms with van der Waals surface area (Å²) in [7, 11) is 0. The minimum Gasteiger partial charge on any atom is -0.446 e. The van der Waals surface area contributed by atoms with Crippen LogP contribution in [0.2, 0.25) is 0 Å². The molecule has 0 heterocycles. The van der Waals surface area contributed by atoms with Gasteiger partial charge in [-0.2, -0.15) is 0 Å². The van der Waals surface area contributed by atoms with Gasteiger partial charge in [-0.1, -0.05) is 44.2 Å². The summed E-state index contributed by atoms with van der Waals surface area (Å²) in [6.45, 7) is 3.97. The van der Waals surface area contributed by atoms with Crippen molar-refractivity contribution in [3.63, 3.8) is 0 Å². The third-order valence-electron chi connectivity index (χ3n) is 4.06. The molecule has 2 rings (SSSR count). The van der Waals surface area contributed by atoms with Gasteiger partial charge in [-0.3, -0.25) is 0 Å². The average molecular weight is 303 g/mol. The molecule has 1 fully saturated rings. The molecule has 0 N–H and O–H groups in total. The second kappa shape index (κ2) is 7.57. The van der Waals surface area contributed by atoms with E-state index in [9.17, 15) is 0 Å². The lowest BCUT2D eigenvalue weighted by Gasteiger charge is -2.33. The highest BCUT2D eigenvalue weighted by molar-refractivity contribution is 6.28. The molecular formula is C19H23ClO. The summed E-state index contributed by atoms with van der Waals surface area (Å²) in [4.78, 5) is 0. The highest BCUT2D eigenvalue weighted by Crippen LogP contribution is 2.39. The average Bonchev–Trinajstić information content (AvgIpc) is 2.54. The summed E-state index contributed by atoms with van der Waals surface area (Å²) >= 11 is 5.90. The maximum atomic E-state index is 5.90. The summed E-state index contributed by atoms with van der Waals surface area (Å²) in [5, 5.41) is 0.404. The maximum Gasteiger partial charge on any atom is 0.189 e. The lowest BCUT2D eigenvalue weighted by atomic mass is 9.70. The highest BCUT2D eigenvalue weighted by Gasteiger charge is 2.31. The Kier molecular flexibility index (Phi) is 5.76. The van der Waals surface area contributed by atoms with Gasteiger partial charge in [0.15, 0.2) is 5.22 Å². The molecule has 0 aliphatic heterocycles. The number of hydrogen-bond acceptors (Lipinski definition) is 1. The van der Waals surface area contributed by atoms with Crippen molar-refractivity contribution >= 4 is 11.6 Å². The van der Waals surface area contributed by atoms with Crippen LogP contribution in [0.4, 0.5) is 0 Å². The van der Waals surface area contributed by atoms with E-state index in [0.717, 1.165) is 25.0 Å². The van der Waals surface area contributed by atoms with E-state index in [-0.39, 0.29) is 5.41 Å². The van der Waals surface area contributed by atoms with Gasteiger partial charge in [0.25, 0.3) is 0 Å². The van der Waals surface area contributed by atoms with Gasteiger partial charge in [0, 0.05) is 6.42 Å². The van der Waals surface area contributed by atoms with Gasteiger partial charge in [-0.25, -0.2) is 0 Å². The molecule has 0 atom stereocenters. The monoisotopic (exact) mass is 302 g/mol. The van der Waals surface area contributed by atoms with E-state index >= 15 is 0 Å². The van der Waals surface area contributed by atoms with E-state index in [0.29, 0.717) is 5.22 Å². The minimum atomic E-state index is 0.0389. The van der Waals surface area contributed by atoms with Gasteiger partial charge in [-0.05, 0) is 55.1 Å². The van der Waals surface area contributed by atoms with Crippen molar-refractivity contribution in [2.45, 2.75) is 57.8 Å². The van der Waals surface area contributed by atoms with E-state index in [1.165, 1.54) is 24.8 Å². The van der Waals surface area contributed by atoms with Gasteiger partial charge < -0.3 is 4.74 Å². The summed E-state index contributed by atoms with van der Waals surface area (Å²) in [6, 6.07) is 8.27. The Labute approximate surface area is 133 Å². The third-order valence-corrected chi connectivity index (χ3v) is 4.36. The first kappa shape index (κ1) is 16.0. The molecule has 0 radical (unpaired) electrons. The van der Waals surface area contributed by atoms with Gasteiger partial charge in [-0.15, -0.1) is 5.92 Å². The van der Waals surface area contributed by atoms with Crippen molar-refractivity contribution in [2.75, 3.05) is 0 Å². The lowest BCUT2D eigenvalue weighted by molar-refractivity contribution is 0.368. The van der Waals surface area contributed by atoms with Crippen LogP contribution in [0.15, 0.2) is 35.6 Å². The van der Waals surface area contributed by atoms with Crippen LogP contribution in [-0.4, -0.2) is 0 Å². The smallest absolute Gasteiger partial charge is 0.189 e. The maximum absolute atomic E-state index is 5.90. The fourth-order valence-electron chi connectivity index (χ4n) is 2.91. The van der Waals surface area contributed by atoms with Crippen molar-refractivity contribution < 1.29 is 4.74 Å². The third kappa shape index (κ3) is 4.05. The van der Waals surface area contributed by atoms with Gasteiger partial charge >= 0.3 is 0 Å². The Morgan fingerprint density at radius 3 is 2.48 bits per heavy atom. The predicted octanol–water partition coefficient (Wildman–Crippen LogP) is 5.78.